The molecular weight excluding hydrogens is 490 g/mol. The van der Waals surface area contributed by atoms with Crippen LogP contribution in [-0.4, -0.2) is 36.4 Å². The van der Waals surface area contributed by atoms with Gasteiger partial charge in [-0.15, -0.1) is 5.06 Å². The van der Waals surface area contributed by atoms with Gasteiger partial charge in [0.15, 0.2) is 6.10 Å². The number of ether oxygens (including phenoxy) is 3. The molecule has 0 saturated heterocycles. The number of hydroxylamine groups is 2. The van der Waals surface area contributed by atoms with E-state index in [4.69, 9.17) is 42.3 Å². The SMILES string of the molecule is CCOC(=O)N(CC)OC(=O)C(C)Oc1cc(Oc2ccc(C(F)(F)F)cc2Cl)ccc1Cl. The fraction of sp³-hybridized carbons (Fsp3) is 0.333. The lowest BCUT2D eigenvalue weighted by Crippen LogP contribution is -2.38. The average Bonchev–Trinajstić information content (AvgIpc) is 2.74. The zero-order valence-electron chi connectivity index (χ0n) is 17.7. The van der Waals surface area contributed by atoms with Crippen LogP contribution in [0.2, 0.25) is 10.0 Å². The minimum atomic E-state index is -4.55. The summed E-state index contributed by atoms with van der Waals surface area (Å²) in [6.45, 7) is 4.71. The van der Waals surface area contributed by atoms with Gasteiger partial charge in [-0.05, 0) is 51.1 Å². The summed E-state index contributed by atoms with van der Waals surface area (Å²) in [5.74, 6) is -0.754. The molecule has 0 aliphatic carbocycles. The first-order chi connectivity index (χ1) is 15.5. The number of carbonyl (C=O) groups is 2. The molecule has 0 heterocycles. The Morgan fingerprint density at radius 1 is 1.03 bits per heavy atom. The minimum absolute atomic E-state index is 0.0285. The Labute approximate surface area is 197 Å². The largest absolute Gasteiger partial charge is 0.477 e. The van der Waals surface area contributed by atoms with E-state index >= 15 is 0 Å². The third-order valence-electron chi connectivity index (χ3n) is 3.98. The van der Waals surface area contributed by atoms with Gasteiger partial charge in [-0.25, -0.2) is 9.59 Å². The standard InChI is InChI=1S/C21H20Cl2F3NO6/c1-4-27(20(29)30-5-2)33-19(28)12(3)31-18-11-14(7-8-15(18)22)32-17-9-6-13(10-16(17)23)21(24,25)26/h6-12H,4-5H2,1-3H3. The lowest BCUT2D eigenvalue weighted by molar-refractivity contribution is -0.188. The van der Waals surface area contributed by atoms with Crippen molar-refractivity contribution in [2.45, 2.75) is 33.1 Å². The molecule has 7 nitrogen and oxygen atoms in total. The smallest absolute Gasteiger partial charge is 0.443 e. The molecule has 0 spiro atoms. The molecule has 0 aliphatic rings. The number of rotatable bonds is 7. The molecular formula is C21H20Cl2F3NO6. The number of hydrogen-bond donors (Lipinski definition) is 0. The predicted octanol–water partition coefficient (Wildman–Crippen LogP) is 6.51. The van der Waals surface area contributed by atoms with Crippen LogP contribution < -0.4 is 9.47 Å². The van der Waals surface area contributed by atoms with Gasteiger partial charge in [-0.3, -0.25) is 0 Å². The van der Waals surface area contributed by atoms with Crippen molar-refractivity contribution in [2.24, 2.45) is 0 Å². The summed E-state index contributed by atoms with van der Waals surface area (Å²) < 4.78 is 54.2. The summed E-state index contributed by atoms with van der Waals surface area (Å²) in [6, 6.07) is 6.81. The Hall–Kier alpha value is -2.85. The molecule has 1 unspecified atom stereocenters. The van der Waals surface area contributed by atoms with Crippen molar-refractivity contribution in [3.8, 4) is 17.2 Å². The molecule has 0 radical (unpaired) electrons. The number of amides is 1. The number of benzene rings is 2. The van der Waals surface area contributed by atoms with Gasteiger partial charge in [0.1, 0.15) is 17.2 Å². The van der Waals surface area contributed by atoms with Gasteiger partial charge >= 0.3 is 18.2 Å². The molecule has 0 fully saturated rings. The molecule has 180 valence electrons. The van der Waals surface area contributed by atoms with Crippen molar-refractivity contribution in [2.75, 3.05) is 13.2 Å². The van der Waals surface area contributed by atoms with Crippen LogP contribution in [0, 0.1) is 0 Å². The van der Waals surface area contributed by atoms with Crippen LogP contribution in [-0.2, 0) is 20.5 Å². The second-order valence-electron chi connectivity index (χ2n) is 6.40. The summed E-state index contributed by atoms with van der Waals surface area (Å²) in [5, 5.41) is 0.607. The highest BCUT2D eigenvalue weighted by Crippen LogP contribution is 2.38. The first-order valence-corrected chi connectivity index (χ1v) is 10.4. The van der Waals surface area contributed by atoms with E-state index in [1.807, 2.05) is 0 Å². The molecule has 0 aromatic heterocycles. The van der Waals surface area contributed by atoms with Gasteiger partial charge < -0.3 is 19.0 Å². The van der Waals surface area contributed by atoms with Gasteiger partial charge in [-0.1, -0.05) is 23.2 Å². The Morgan fingerprint density at radius 3 is 2.30 bits per heavy atom. The van der Waals surface area contributed by atoms with E-state index in [0.29, 0.717) is 0 Å². The second-order valence-corrected chi connectivity index (χ2v) is 7.22. The third kappa shape index (κ3) is 7.33. The molecule has 2 aromatic carbocycles. The summed E-state index contributed by atoms with van der Waals surface area (Å²) in [4.78, 5) is 29.0. The van der Waals surface area contributed by atoms with E-state index in [0.717, 1.165) is 23.3 Å². The number of alkyl halides is 3. The van der Waals surface area contributed by atoms with Crippen molar-refractivity contribution in [1.29, 1.82) is 0 Å². The molecule has 1 atom stereocenters. The summed E-state index contributed by atoms with van der Waals surface area (Å²) >= 11 is 12.0. The Balaban J connectivity index is 2.12. The normalized spacial score (nSPS) is 12.0. The zero-order chi connectivity index (χ0) is 24.8. The molecule has 2 aromatic rings. The molecule has 0 saturated carbocycles. The van der Waals surface area contributed by atoms with Crippen LogP contribution in [0.4, 0.5) is 18.0 Å². The van der Waals surface area contributed by atoms with E-state index in [-0.39, 0.29) is 40.4 Å². The van der Waals surface area contributed by atoms with Gasteiger partial charge in [-0.2, -0.15) is 13.2 Å². The Kier molecular flexibility index (Phi) is 9.07. The van der Waals surface area contributed by atoms with E-state index in [9.17, 15) is 22.8 Å². The molecule has 33 heavy (non-hydrogen) atoms. The third-order valence-corrected chi connectivity index (χ3v) is 4.59. The first-order valence-electron chi connectivity index (χ1n) is 9.63. The Morgan fingerprint density at radius 2 is 1.73 bits per heavy atom. The van der Waals surface area contributed by atoms with E-state index in [1.54, 1.807) is 13.8 Å². The van der Waals surface area contributed by atoms with Gasteiger partial charge in [0.2, 0.25) is 0 Å². The maximum Gasteiger partial charge on any atom is 0.443 e. The van der Waals surface area contributed by atoms with Crippen molar-refractivity contribution in [1.82, 2.24) is 5.06 Å². The van der Waals surface area contributed by atoms with Crippen LogP contribution in [0.25, 0.3) is 0 Å². The van der Waals surface area contributed by atoms with Crippen LogP contribution >= 0.6 is 23.2 Å². The van der Waals surface area contributed by atoms with Gasteiger partial charge in [0.05, 0.1) is 28.8 Å². The van der Waals surface area contributed by atoms with Crippen LogP contribution in [0.3, 0.4) is 0 Å². The maximum absolute atomic E-state index is 12.8. The second kappa shape index (κ2) is 11.3. The van der Waals surface area contributed by atoms with Crippen molar-refractivity contribution in [3.05, 3.63) is 52.0 Å². The summed E-state index contributed by atoms with van der Waals surface area (Å²) in [7, 11) is 0. The average molecular weight is 510 g/mol. The molecule has 2 rings (SSSR count). The molecule has 0 bridgehead atoms. The van der Waals surface area contributed by atoms with E-state index in [2.05, 4.69) is 0 Å². The molecule has 0 aliphatic heterocycles. The van der Waals surface area contributed by atoms with E-state index < -0.39 is 29.9 Å². The minimum Gasteiger partial charge on any atom is -0.477 e. The molecule has 12 heteroatoms. The highest BCUT2D eigenvalue weighted by atomic mass is 35.5. The summed E-state index contributed by atoms with van der Waals surface area (Å²) in [6.07, 6.45) is -6.56. The van der Waals surface area contributed by atoms with Crippen molar-refractivity contribution >= 4 is 35.3 Å². The highest BCUT2D eigenvalue weighted by molar-refractivity contribution is 6.32. The predicted molar refractivity (Wildman–Crippen MR) is 114 cm³/mol. The number of hydrogen-bond acceptors (Lipinski definition) is 6. The molecule has 1 amide bonds. The van der Waals surface area contributed by atoms with Crippen LogP contribution in [0.15, 0.2) is 36.4 Å². The van der Waals surface area contributed by atoms with Crippen LogP contribution in [0.1, 0.15) is 26.3 Å². The fourth-order valence-electron chi connectivity index (χ4n) is 2.37. The monoisotopic (exact) mass is 509 g/mol. The fourth-order valence-corrected chi connectivity index (χ4v) is 2.75. The van der Waals surface area contributed by atoms with Gasteiger partial charge in [0.25, 0.3) is 0 Å². The number of halogens is 5. The topological polar surface area (TPSA) is 74.3 Å². The van der Waals surface area contributed by atoms with Gasteiger partial charge in [0, 0.05) is 6.07 Å². The first kappa shape index (κ1) is 26.4. The maximum atomic E-state index is 12.8. The number of nitrogens with zero attached hydrogens (tertiary/aromatic N) is 1. The quantitative estimate of drug-likeness (QED) is 0.396. The van der Waals surface area contributed by atoms with Crippen LogP contribution in [0.5, 0.6) is 17.2 Å². The molecule has 0 N–H and O–H groups in total. The zero-order valence-corrected chi connectivity index (χ0v) is 19.3. The van der Waals surface area contributed by atoms with Crippen molar-refractivity contribution < 1.29 is 41.8 Å². The highest BCUT2D eigenvalue weighted by Gasteiger charge is 2.31. The lowest BCUT2D eigenvalue weighted by atomic mass is 10.2. The van der Waals surface area contributed by atoms with E-state index in [1.165, 1.54) is 25.1 Å². The lowest BCUT2D eigenvalue weighted by Gasteiger charge is -2.21. The summed E-state index contributed by atoms with van der Waals surface area (Å²) in [5.41, 5.74) is -0.920. The Bertz CT molecular complexity index is 1000. The number of carbonyl (C=O) groups excluding carboxylic acids is 2. The van der Waals surface area contributed by atoms with Crippen molar-refractivity contribution in [3.63, 3.8) is 0 Å².